The fraction of sp³-hybridized carbons (Fsp3) is 0.837. The third-order valence-corrected chi connectivity index (χ3v) is 10.7. The van der Waals surface area contributed by atoms with Gasteiger partial charge in [0.15, 0.2) is 0 Å². The first kappa shape index (κ1) is 53.1. The van der Waals surface area contributed by atoms with Crippen LogP contribution in [0.25, 0.3) is 0 Å². The number of unbranched alkanes of at least 4 members (excludes halogenated alkanes) is 24. The summed E-state index contributed by atoms with van der Waals surface area (Å²) >= 11 is 0. The Morgan fingerprint density at radius 3 is 1.42 bits per heavy atom. The molecule has 3 unspecified atom stereocenters. The fourth-order valence-electron chi connectivity index (χ4n) is 7.08. The van der Waals surface area contributed by atoms with Gasteiger partial charge in [0.1, 0.15) is 6.10 Å². The van der Waals surface area contributed by atoms with E-state index < -0.39 is 18.2 Å². The summed E-state index contributed by atoms with van der Waals surface area (Å²) in [5, 5.41) is 23.6. The molecule has 0 aliphatic heterocycles. The number of carbonyl (C=O) groups excluding carboxylic acids is 2. The molecule has 3 atom stereocenters. The van der Waals surface area contributed by atoms with Crippen molar-refractivity contribution in [3.8, 4) is 0 Å². The zero-order valence-corrected chi connectivity index (χ0v) is 36.6. The zero-order valence-electron chi connectivity index (χ0n) is 36.6. The van der Waals surface area contributed by atoms with Crippen LogP contribution in [-0.4, -0.2) is 46.9 Å². The third kappa shape index (κ3) is 38.7. The highest BCUT2D eigenvalue weighted by atomic mass is 16.5. The molecule has 0 saturated heterocycles. The predicted molar refractivity (Wildman–Crippen MR) is 236 cm³/mol. The zero-order chi connectivity index (χ0) is 40.3. The second-order valence-corrected chi connectivity index (χ2v) is 16.2. The van der Waals surface area contributed by atoms with Crippen molar-refractivity contribution in [1.29, 1.82) is 0 Å². The van der Waals surface area contributed by atoms with Crippen molar-refractivity contribution in [1.82, 2.24) is 5.32 Å². The molecule has 0 aromatic heterocycles. The highest BCUT2D eigenvalue weighted by Crippen LogP contribution is 2.17. The summed E-state index contributed by atoms with van der Waals surface area (Å²) in [4.78, 5) is 26.0. The number of amides is 1. The van der Waals surface area contributed by atoms with Crippen molar-refractivity contribution in [2.75, 3.05) is 6.61 Å². The molecule has 0 fully saturated rings. The summed E-state index contributed by atoms with van der Waals surface area (Å²) in [7, 11) is 0. The lowest BCUT2D eigenvalue weighted by Crippen LogP contribution is -2.46. The van der Waals surface area contributed by atoms with E-state index in [0.29, 0.717) is 19.3 Å². The molecular formula is C49H91NO5. The summed E-state index contributed by atoms with van der Waals surface area (Å²) in [6.45, 7) is 6.42. The molecule has 3 N–H and O–H groups in total. The van der Waals surface area contributed by atoms with Gasteiger partial charge >= 0.3 is 5.97 Å². The van der Waals surface area contributed by atoms with Gasteiger partial charge in [-0.15, -0.1) is 0 Å². The van der Waals surface area contributed by atoms with Crippen molar-refractivity contribution in [3.05, 3.63) is 36.5 Å². The van der Waals surface area contributed by atoms with Crippen LogP contribution in [0.1, 0.15) is 239 Å². The van der Waals surface area contributed by atoms with Crippen LogP contribution in [0.2, 0.25) is 0 Å². The summed E-state index contributed by atoms with van der Waals surface area (Å²) in [5.41, 5.74) is 0. The van der Waals surface area contributed by atoms with Crippen LogP contribution in [0.3, 0.4) is 0 Å². The van der Waals surface area contributed by atoms with Gasteiger partial charge < -0.3 is 20.3 Å². The summed E-state index contributed by atoms with van der Waals surface area (Å²) < 4.78 is 5.89. The van der Waals surface area contributed by atoms with E-state index in [0.717, 1.165) is 70.6 Å². The molecule has 1 amide bonds. The number of aliphatic hydroxyl groups is 2. The molecule has 0 radical (unpaired) electrons. The number of esters is 1. The third-order valence-electron chi connectivity index (χ3n) is 10.7. The standard InChI is InChI=1S/C49H91NO5/c1-4-7-10-13-16-19-22-23-24-25-27-28-31-34-37-40-45(55-49(54)42-39-36-33-30-21-18-15-12-9-6-3)43-48(53)50-46(44-51)47(52)41-38-35-32-29-26-20-17-14-11-8-5-2/h16,19,23-24,27-28,45-47,51-52H,4-15,17-18,20-22,25-26,29-44H2,1-3H3,(H,50,53)/b19-16-,24-23-,28-27-. The molecule has 0 rings (SSSR count). The van der Waals surface area contributed by atoms with E-state index >= 15 is 0 Å². The predicted octanol–water partition coefficient (Wildman–Crippen LogP) is 13.7. The number of hydrogen-bond donors (Lipinski definition) is 3. The molecule has 0 aromatic carbocycles. The molecule has 0 aliphatic rings. The monoisotopic (exact) mass is 774 g/mol. The Morgan fingerprint density at radius 1 is 0.527 bits per heavy atom. The Bertz CT molecular complexity index is 915. The van der Waals surface area contributed by atoms with Gasteiger partial charge in [0.2, 0.25) is 5.91 Å². The van der Waals surface area contributed by atoms with Crippen LogP contribution in [0, 0.1) is 0 Å². The Balaban J connectivity index is 4.66. The SMILES string of the molecule is CCCCC/C=C\C/C=C\C/C=C\CCCCC(CC(=O)NC(CO)C(O)CCCCCCCCCCCCC)OC(=O)CCCCCCCCCCCC. The Morgan fingerprint density at radius 2 is 0.927 bits per heavy atom. The minimum absolute atomic E-state index is 0.0547. The molecule has 0 bridgehead atoms. The number of nitrogens with one attached hydrogen (secondary N) is 1. The van der Waals surface area contributed by atoms with Crippen molar-refractivity contribution < 1.29 is 24.5 Å². The van der Waals surface area contributed by atoms with Gasteiger partial charge in [-0.25, -0.2) is 0 Å². The number of allylic oxidation sites excluding steroid dienone is 6. The normalized spacial score (nSPS) is 13.6. The maximum absolute atomic E-state index is 13.1. The number of aliphatic hydroxyl groups excluding tert-OH is 2. The number of carbonyl (C=O) groups is 2. The van der Waals surface area contributed by atoms with Gasteiger partial charge in [0, 0.05) is 6.42 Å². The molecule has 0 heterocycles. The number of hydrogen-bond acceptors (Lipinski definition) is 5. The second kappa shape index (κ2) is 43.2. The van der Waals surface area contributed by atoms with Crippen LogP contribution in [-0.2, 0) is 14.3 Å². The Hall–Kier alpha value is -1.92. The lowest BCUT2D eigenvalue weighted by atomic mass is 10.0. The average molecular weight is 774 g/mol. The molecule has 6 heteroatoms. The van der Waals surface area contributed by atoms with E-state index in [4.69, 9.17) is 4.74 Å². The van der Waals surface area contributed by atoms with Crippen molar-refractivity contribution in [2.24, 2.45) is 0 Å². The molecule has 6 nitrogen and oxygen atoms in total. The minimum Gasteiger partial charge on any atom is -0.462 e. The van der Waals surface area contributed by atoms with Crippen LogP contribution in [0.15, 0.2) is 36.5 Å². The van der Waals surface area contributed by atoms with Gasteiger partial charge in [0.25, 0.3) is 0 Å². The molecule has 0 aromatic rings. The lowest BCUT2D eigenvalue weighted by Gasteiger charge is -2.24. The van der Waals surface area contributed by atoms with Crippen LogP contribution in [0.4, 0.5) is 0 Å². The topological polar surface area (TPSA) is 95.9 Å². The Labute approximate surface area is 341 Å². The lowest BCUT2D eigenvalue weighted by molar-refractivity contribution is -0.151. The molecule has 55 heavy (non-hydrogen) atoms. The first-order chi connectivity index (χ1) is 27.0. The average Bonchev–Trinajstić information content (AvgIpc) is 3.18. The fourth-order valence-corrected chi connectivity index (χ4v) is 7.08. The summed E-state index contributed by atoms with van der Waals surface area (Å²) in [6, 6.07) is -0.709. The van der Waals surface area contributed by atoms with E-state index in [2.05, 4.69) is 62.5 Å². The molecular weight excluding hydrogens is 683 g/mol. The van der Waals surface area contributed by atoms with E-state index in [9.17, 15) is 19.8 Å². The van der Waals surface area contributed by atoms with Gasteiger partial charge in [-0.3, -0.25) is 9.59 Å². The molecule has 0 spiro atoms. The summed E-state index contributed by atoms with van der Waals surface area (Å²) in [6.07, 6.45) is 49.1. The van der Waals surface area contributed by atoms with Crippen molar-refractivity contribution >= 4 is 11.9 Å². The van der Waals surface area contributed by atoms with Crippen molar-refractivity contribution in [3.63, 3.8) is 0 Å². The highest BCUT2D eigenvalue weighted by molar-refractivity contribution is 5.77. The van der Waals surface area contributed by atoms with Crippen molar-refractivity contribution in [2.45, 2.75) is 257 Å². The number of ether oxygens (including phenoxy) is 1. The van der Waals surface area contributed by atoms with Gasteiger partial charge in [-0.05, 0) is 64.2 Å². The Kier molecular flexibility index (Phi) is 41.7. The van der Waals surface area contributed by atoms with Crippen LogP contribution in [0.5, 0.6) is 0 Å². The quantitative estimate of drug-likeness (QED) is 0.0326. The minimum atomic E-state index is -0.793. The van der Waals surface area contributed by atoms with Crippen LogP contribution >= 0.6 is 0 Å². The van der Waals surface area contributed by atoms with E-state index in [1.54, 1.807) is 0 Å². The van der Waals surface area contributed by atoms with E-state index in [1.807, 2.05) is 0 Å². The largest absolute Gasteiger partial charge is 0.462 e. The molecule has 0 aliphatic carbocycles. The smallest absolute Gasteiger partial charge is 0.306 e. The highest BCUT2D eigenvalue weighted by Gasteiger charge is 2.24. The van der Waals surface area contributed by atoms with E-state index in [-0.39, 0.29) is 24.9 Å². The van der Waals surface area contributed by atoms with Gasteiger partial charge in [-0.2, -0.15) is 0 Å². The number of rotatable bonds is 42. The first-order valence-electron chi connectivity index (χ1n) is 23.7. The van der Waals surface area contributed by atoms with Gasteiger partial charge in [-0.1, -0.05) is 198 Å². The maximum atomic E-state index is 13.1. The van der Waals surface area contributed by atoms with E-state index in [1.165, 1.54) is 122 Å². The first-order valence-corrected chi connectivity index (χ1v) is 23.7. The maximum Gasteiger partial charge on any atom is 0.306 e. The summed E-state index contributed by atoms with van der Waals surface area (Å²) in [5.74, 6) is -0.508. The molecule has 322 valence electrons. The second-order valence-electron chi connectivity index (χ2n) is 16.2. The van der Waals surface area contributed by atoms with Gasteiger partial charge in [0.05, 0.1) is 25.2 Å². The molecule has 0 saturated carbocycles. The van der Waals surface area contributed by atoms with Crippen LogP contribution < -0.4 is 5.32 Å².